The van der Waals surface area contributed by atoms with E-state index in [1.807, 2.05) is 20.8 Å². The highest BCUT2D eigenvalue weighted by molar-refractivity contribution is 7.12. The minimum Gasteiger partial charge on any atom is -0.378 e. The van der Waals surface area contributed by atoms with Crippen LogP contribution in [0, 0.1) is 13.8 Å². The van der Waals surface area contributed by atoms with Gasteiger partial charge >= 0.3 is 6.18 Å². The monoisotopic (exact) mass is 333 g/mol. The van der Waals surface area contributed by atoms with Crippen molar-refractivity contribution < 1.29 is 13.2 Å². The van der Waals surface area contributed by atoms with Crippen LogP contribution >= 0.6 is 22.9 Å². The molecule has 0 aliphatic rings. The quantitative estimate of drug-likeness (QED) is 0.704. The predicted octanol–water partition coefficient (Wildman–Crippen LogP) is 6.21. The Kier molecular flexibility index (Phi) is 4.54. The minimum atomic E-state index is -4.45. The molecule has 6 heteroatoms. The zero-order chi connectivity index (χ0) is 15.8. The minimum absolute atomic E-state index is 0.0720. The van der Waals surface area contributed by atoms with Gasteiger partial charge in [-0.05, 0) is 50.6 Å². The molecule has 1 heterocycles. The largest absolute Gasteiger partial charge is 0.417 e. The maximum atomic E-state index is 12.8. The van der Waals surface area contributed by atoms with Gasteiger partial charge in [0.2, 0.25) is 0 Å². The lowest BCUT2D eigenvalue weighted by molar-refractivity contribution is -0.137. The molecule has 0 radical (unpaired) electrons. The Morgan fingerprint density at radius 1 is 1.19 bits per heavy atom. The van der Waals surface area contributed by atoms with Gasteiger partial charge in [0.1, 0.15) is 0 Å². The molecule has 2 rings (SSSR count). The Morgan fingerprint density at radius 3 is 2.38 bits per heavy atom. The first-order chi connectivity index (χ1) is 9.68. The van der Waals surface area contributed by atoms with E-state index in [2.05, 4.69) is 11.4 Å². The standard InChI is InChI=1S/C15H15ClF3NS/c1-8-6-12(10(3)21-8)9(2)20-11-4-5-14(16)13(7-11)15(17,18)19/h4-7,9,20H,1-3H3. The molecule has 2 aromatic rings. The van der Waals surface area contributed by atoms with Crippen molar-refractivity contribution in [1.82, 2.24) is 0 Å². The highest BCUT2D eigenvalue weighted by atomic mass is 35.5. The lowest BCUT2D eigenvalue weighted by Crippen LogP contribution is -2.10. The van der Waals surface area contributed by atoms with Crippen LogP contribution in [0.3, 0.4) is 0 Å². The summed E-state index contributed by atoms with van der Waals surface area (Å²) < 4.78 is 38.5. The van der Waals surface area contributed by atoms with Crippen molar-refractivity contribution in [2.75, 3.05) is 5.32 Å². The van der Waals surface area contributed by atoms with Crippen LogP contribution in [0.4, 0.5) is 18.9 Å². The molecule has 1 unspecified atom stereocenters. The van der Waals surface area contributed by atoms with E-state index in [9.17, 15) is 13.2 Å². The summed E-state index contributed by atoms with van der Waals surface area (Å²) in [6.45, 7) is 5.95. The molecule has 0 bridgehead atoms. The SMILES string of the molecule is Cc1cc(C(C)Nc2ccc(Cl)c(C(F)(F)F)c2)c(C)s1. The van der Waals surface area contributed by atoms with E-state index < -0.39 is 11.7 Å². The Labute approximate surface area is 130 Å². The fourth-order valence-electron chi connectivity index (χ4n) is 2.24. The van der Waals surface area contributed by atoms with Crippen LogP contribution < -0.4 is 5.32 Å². The Morgan fingerprint density at radius 2 is 1.86 bits per heavy atom. The molecule has 0 spiro atoms. The van der Waals surface area contributed by atoms with Crippen molar-refractivity contribution in [3.05, 3.63) is 50.2 Å². The molecular weight excluding hydrogens is 319 g/mol. The lowest BCUT2D eigenvalue weighted by Gasteiger charge is -2.17. The van der Waals surface area contributed by atoms with Gasteiger partial charge in [-0.1, -0.05) is 11.6 Å². The Balaban J connectivity index is 2.26. The molecule has 0 aliphatic heterocycles. The summed E-state index contributed by atoms with van der Waals surface area (Å²) >= 11 is 7.29. The van der Waals surface area contributed by atoms with E-state index in [4.69, 9.17) is 11.6 Å². The second-order valence-electron chi connectivity index (χ2n) is 4.93. The third kappa shape index (κ3) is 3.71. The summed E-state index contributed by atoms with van der Waals surface area (Å²) in [4.78, 5) is 2.35. The number of alkyl halides is 3. The van der Waals surface area contributed by atoms with Crippen molar-refractivity contribution in [2.24, 2.45) is 0 Å². The summed E-state index contributed by atoms with van der Waals surface area (Å²) in [5, 5.41) is 2.81. The van der Waals surface area contributed by atoms with E-state index in [1.165, 1.54) is 10.9 Å². The van der Waals surface area contributed by atoms with Crippen LogP contribution in [0.5, 0.6) is 0 Å². The number of rotatable bonds is 3. The van der Waals surface area contributed by atoms with Gasteiger partial charge in [-0.3, -0.25) is 0 Å². The normalized spacial score (nSPS) is 13.3. The van der Waals surface area contributed by atoms with E-state index in [0.717, 1.165) is 16.5 Å². The molecule has 114 valence electrons. The fourth-order valence-corrected chi connectivity index (χ4v) is 3.49. The van der Waals surface area contributed by atoms with Crippen molar-refractivity contribution >= 4 is 28.6 Å². The smallest absolute Gasteiger partial charge is 0.378 e. The summed E-state index contributed by atoms with van der Waals surface area (Å²) in [7, 11) is 0. The molecule has 0 saturated carbocycles. The first-order valence-electron chi connectivity index (χ1n) is 6.38. The highest BCUT2D eigenvalue weighted by Crippen LogP contribution is 2.37. The van der Waals surface area contributed by atoms with Crippen molar-refractivity contribution in [3.63, 3.8) is 0 Å². The first-order valence-corrected chi connectivity index (χ1v) is 7.58. The van der Waals surface area contributed by atoms with Gasteiger partial charge in [-0.25, -0.2) is 0 Å². The molecule has 0 fully saturated rings. The summed E-state index contributed by atoms with van der Waals surface area (Å²) in [6.07, 6.45) is -4.45. The van der Waals surface area contributed by atoms with Gasteiger partial charge in [0.15, 0.2) is 0 Å². The van der Waals surface area contributed by atoms with Gasteiger partial charge in [-0.15, -0.1) is 11.3 Å². The average Bonchev–Trinajstić information content (AvgIpc) is 2.69. The second kappa shape index (κ2) is 5.89. The first kappa shape index (κ1) is 16.2. The number of benzene rings is 1. The molecule has 1 nitrogen and oxygen atoms in total. The van der Waals surface area contributed by atoms with Crippen molar-refractivity contribution in [3.8, 4) is 0 Å². The average molecular weight is 334 g/mol. The summed E-state index contributed by atoms with van der Waals surface area (Å²) in [6, 6.07) is 5.86. The number of hydrogen-bond donors (Lipinski definition) is 1. The third-order valence-corrected chi connectivity index (χ3v) is 4.51. The second-order valence-corrected chi connectivity index (χ2v) is 6.79. The lowest BCUT2D eigenvalue weighted by atomic mass is 10.1. The molecule has 0 saturated heterocycles. The summed E-state index contributed by atoms with van der Waals surface area (Å²) in [5.74, 6) is 0. The van der Waals surface area contributed by atoms with Gasteiger partial charge in [0.25, 0.3) is 0 Å². The Hall–Kier alpha value is -1.20. The molecule has 0 aliphatic carbocycles. The molecule has 1 N–H and O–H groups in total. The van der Waals surface area contributed by atoms with Crippen LogP contribution in [0.2, 0.25) is 5.02 Å². The maximum Gasteiger partial charge on any atom is 0.417 e. The fraction of sp³-hybridized carbons (Fsp3) is 0.333. The zero-order valence-electron chi connectivity index (χ0n) is 11.8. The van der Waals surface area contributed by atoms with Crippen molar-refractivity contribution in [2.45, 2.75) is 33.0 Å². The molecular formula is C15H15ClF3NS. The topological polar surface area (TPSA) is 12.0 Å². The highest BCUT2D eigenvalue weighted by Gasteiger charge is 2.33. The zero-order valence-corrected chi connectivity index (χ0v) is 13.4. The van der Waals surface area contributed by atoms with E-state index in [1.54, 1.807) is 17.4 Å². The van der Waals surface area contributed by atoms with Crippen LogP contribution in [-0.2, 0) is 6.18 Å². The number of hydrogen-bond acceptors (Lipinski definition) is 2. The molecule has 21 heavy (non-hydrogen) atoms. The molecule has 1 atom stereocenters. The van der Waals surface area contributed by atoms with E-state index >= 15 is 0 Å². The summed E-state index contributed by atoms with van der Waals surface area (Å²) in [5.41, 5.74) is 0.683. The third-order valence-electron chi connectivity index (χ3n) is 3.20. The van der Waals surface area contributed by atoms with Gasteiger partial charge in [-0.2, -0.15) is 13.2 Å². The van der Waals surface area contributed by atoms with Gasteiger partial charge < -0.3 is 5.32 Å². The molecule has 1 aromatic carbocycles. The van der Waals surface area contributed by atoms with Crippen molar-refractivity contribution in [1.29, 1.82) is 0 Å². The number of aryl methyl sites for hydroxylation is 2. The van der Waals surface area contributed by atoms with E-state index in [-0.39, 0.29) is 11.1 Å². The number of anilines is 1. The predicted molar refractivity (Wildman–Crippen MR) is 82.3 cm³/mol. The van der Waals surface area contributed by atoms with Crippen LogP contribution in [0.25, 0.3) is 0 Å². The Bertz CT molecular complexity index is 649. The van der Waals surface area contributed by atoms with Gasteiger partial charge in [0, 0.05) is 21.5 Å². The van der Waals surface area contributed by atoms with Crippen LogP contribution in [-0.4, -0.2) is 0 Å². The van der Waals surface area contributed by atoms with Crippen LogP contribution in [0.15, 0.2) is 24.3 Å². The number of thiophene rings is 1. The molecule has 0 amide bonds. The van der Waals surface area contributed by atoms with E-state index in [0.29, 0.717) is 5.69 Å². The molecule has 1 aromatic heterocycles. The van der Waals surface area contributed by atoms with Crippen LogP contribution in [0.1, 0.15) is 33.8 Å². The van der Waals surface area contributed by atoms with Gasteiger partial charge in [0.05, 0.1) is 10.6 Å². The number of halogens is 4. The maximum absolute atomic E-state index is 12.8. The number of nitrogens with one attached hydrogen (secondary N) is 1.